The van der Waals surface area contributed by atoms with E-state index in [0.29, 0.717) is 24.8 Å². The van der Waals surface area contributed by atoms with E-state index in [2.05, 4.69) is 39.8 Å². The predicted molar refractivity (Wildman–Crippen MR) is 74.0 cm³/mol. The lowest BCUT2D eigenvalue weighted by atomic mass is 10.2. The van der Waals surface area contributed by atoms with Gasteiger partial charge in [0.15, 0.2) is 0 Å². The summed E-state index contributed by atoms with van der Waals surface area (Å²) in [6.07, 6.45) is -4.70. The van der Waals surface area contributed by atoms with Crippen LogP contribution in [-0.2, 0) is 0 Å². The second kappa shape index (κ2) is 7.73. The first-order valence-corrected chi connectivity index (χ1v) is 6.96. The van der Waals surface area contributed by atoms with Crippen LogP contribution in [0, 0.1) is 5.92 Å². The fourth-order valence-electron chi connectivity index (χ4n) is 1.41. The Kier molecular flexibility index (Phi) is 6.61. The Labute approximate surface area is 124 Å². The molecule has 1 aromatic rings. The molecule has 114 valence electrons. The third-order valence-electron chi connectivity index (χ3n) is 2.23. The minimum Gasteiger partial charge on any atom is -0.492 e. The standard InChI is InChI=1S/C13H17BrF3NO2/c1-9(2)8-18-5-6-19-10-3-4-12(11(14)7-10)20-13(15,16)17/h3-4,7,9,18H,5-6,8H2,1-2H3. The van der Waals surface area contributed by atoms with Gasteiger partial charge in [-0.1, -0.05) is 13.8 Å². The Morgan fingerprint density at radius 2 is 2.00 bits per heavy atom. The first-order chi connectivity index (χ1) is 9.28. The fraction of sp³-hybridized carbons (Fsp3) is 0.538. The number of hydrogen-bond acceptors (Lipinski definition) is 3. The SMILES string of the molecule is CC(C)CNCCOc1ccc(OC(F)(F)F)c(Br)c1. The minimum absolute atomic E-state index is 0.197. The summed E-state index contributed by atoms with van der Waals surface area (Å²) in [7, 11) is 0. The molecule has 0 radical (unpaired) electrons. The molecule has 0 atom stereocenters. The monoisotopic (exact) mass is 355 g/mol. The van der Waals surface area contributed by atoms with Gasteiger partial charge in [-0.25, -0.2) is 0 Å². The van der Waals surface area contributed by atoms with Gasteiger partial charge in [0.1, 0.15) is 18.1 Å². The zero-order chi connectivity index (χ0) is 15.2. The Bertz CT molecular complexity index is 425. The molecule has 1 N–H and O–H groups in total. The highest BCUT2D eigenvalue weighted by molar-refractivity contribution is 9.10. The molecule has 0 saturated carbocycles. The second-order valence-electron chi connectivity index (χ2n) is 4.59. The van der Waals surface area contributed by atoms with E-state index in [-0.39, 0.29) is 10.2 Å². The summed E-state index contributed by atoms with van der Waals surface area (Å²) in [6.45, 7) is 6.22. The van der Waals surface area contributed by atoms with Gasteiger partial charge in [-0.3, -0.25) is 0 Å². The van der Waals surface area contributed by atoms with Crippen molar-refractivity contribution in [1.29, 1.82) is 0 Å². The third-order valence-corrected chi connectivity index (χ3v) is 2.85. The lowest BCUT2D eigenvalue weighted by Crippen LogP contribution is -2.24. The largest absolute Gasteiger partial charge is 0.573 e. The molecule has 0 unspecified atom stereocenters. The van der Waals surface area contributed by atoms with E-state index in [9.17, 15) is 13.2 Å². The topological polar surface area (TPSA) is 30.5 Å². The van der Waals surface area contributed by atoms with Crippen molar-refractivity contribution in [3.8, 4) is 11.5 Å². The summed E-state index contributed by atoms with van der Waals surface area (Å²) < 4.78 is 45.7. The number of rotatable bonds is 7. The van der Waals surface area contributed by atoms with Crippen LogP contribution in [0.25, 0.3) is 0 Å². The van der Waals surface area contributed by atoms with Gasteiger partial charge in [0.25, 0.3) is 0 Å². The van der Waals surface area contributed by atoms with Crippen LogP contribution in [-0.4, -0.2) is 26.1 Å². The van der Waals surface area contributed by atoms with Gasteiger partial charge in [0, 0.05) is 6.54 Å². The molecule has 0 aliphatic heterocycles. The van der Waals surface area contributed by atoms with Crippen molar-refractivity contribution in [2.24, 2.45) is 5.92 Å². The Morgan fingerprint density at radius 3 is 2.55 bits per heavy atom. The molecule has 0 aliphatic carbocycles. The van der Waals surface area contributed by atoms with Crippen molar-refractivity contribution < 1.29 is 22.6 Å². The number of alkyl halides is 3. The molecule has 1 aromatic carbocycles. The normalized spacial score (nSPS) is 11.8. The van der Waals surface area contributed by atoms with E-state index < -0.39 is 6.36 Å². The summed E-state index contributed by atoms with van der Waals surface area (Å²) in [5.74, 6) is 0.753. The van der Waals surface area contributed by atoms with Crippen LogP contribution in [0.15, 0.2) is 22.7 Å². The lowest BCUT2D eigenvalue weighted by molar-refractivity contribution is -0.274. The summed E-state index contributed by atoms with van der Waals surface area (Å²) in [5.41, 5.74) is 0. The van der Waals surface area contributed by atoms with Gasteiger partial charge in [-0.05, 0) is 46.6 Å². The highest BCUT2D eigenvalue weighted by Gasteiger charge is 2.31. The zero-order valence-corrected chi connectivity index (χ0v) is 12.8. The Balaban J connectivity index is 2.43. The number of nitrogens with one attached hydrogen (secondary N) is 1. The molecule has 0 spiro atoms. The highest BCUT2D eigenvalue weighted by atomic mass is 79.9. The molecule has 0 bridgehead atoms. The molecule has 0 amide bonds. The second-order valence-corrected chi connectivity index (χ2v) is 5.44. The van der Waals surface area contributed by atoms with Crippen molar-refractivity contribution in [2.75, 3.05) is 19.7 Å². The average Bonchev–Trinajstić information content (AvgIpc) is 2.30. The van der Waals surface area contributed by atoms with Crippen molar-refractivity contribution in [1.82, 2.24) is 5.32 Å². The quantitative estimate of drug-likeness (QED) is 0.750. The summed E-state index contributed by atoms with van der Waals surface area (Å²) in [6, 6.07) is 4.10. The van der Waals surface area contributed by atoms with Crippen LogP contribution >= 0.6 is 15.9 Å². The van der Waals surface area contributed by atoms with E-state index >= 15 is 0 Å². The minimum atomic E-state index is -4.70. The molecule has 1 rings (SSSR count). The maximum atomic E-state index is 12.1. The maximum Gasteiger partial charge on any atom is 0.573 e. The van der Waals surface area contributed by atoms with Crippen molar-refractivity contribution in [3.05, 3.63) is 22.7 Å². The summed E-state index contributed by atoms with van der Waals surface area (Å²) in [4.78, 5) is 0. The molecule has 0 fully saturated rings. The Hall–Kier alpha value is -0.950. The predicted octanol–water partition coefficient (Wildman–Crippen LogP) is 3.97. The van der Waals surface area contributed by atoms with E-state index in [1.165, 1.54) is 18.2 Å². The fourth-order valence-corrected chi connectivity index (χ4v) is 1.85. The van der Waals surface area contributed by atoms with E-state index in [4.69, 9.17) is 4.74 Å². The van der Waals surface area contributed by atoms with Crippen molar-refractivity contribution in [2.45, 2.75) is 20.2 Å². The van der Waals surface area contributed by atoms with E-state index in [0.717, 1.165) is 6.54 Å². The lowest BCUT2D eigenvalue weighted by Gasteiger charge is -2.12. The molecule has 0 saturated heterocycles. The van der Waals surface area contributed by atoms with Crippen LogP contribution in [0.3, 0.4) is 0 Å². The zero-order valence-electron chi connectivity index (χ0n) is 11.3. The first kappa shape index (κ1) is 17.1. The molecule has 0 aromatic heterocycles. The van der Waals surface area contributed by atoms with E-state index in [1.54, 1.807) is 0 Å². The van der Waals surface area contributed by atoms with Gasteiger partial charge < -0.3 is 14.8 Å². The summed E-state index contributed by atoms with van der Waals surface area (Å²) >= 11 is 3.02. The smallest absolute Gasteiger partial charge is 0.492 e. The number of benzene rings is 1. The molecule has 0 heterocycles. The highest BCUT2D eigenvalue weighted by Crippen LogP contribution is 2.33. The molecule has 7 heteroatoms. The summed E-state index contributed by atoms with van der Waals surface area (Å²) in [5, 5.41) is 3.20. The molecular formula is C13H17BrF3NO2. The van der Waals surface area contributed by atoms with Crippen molar-refractivity contribution in [3.63, 3.8) is 0 Å². The number of ether oxygens (including phenoxy) is 2. The Morgan fingerprint density at radius 1 is 1.30 bits per heavy atom. The van der Waals surface area contributed by atoms with Gasteiger partial charge >= 0.3 is 6.36 Å². The van der Waals surface area contributed by atoms with Crippen LogP contribution in [0.1, 0.15) is 13.8 Å². The van der Waals surface area contributed by atoms with E-state index in [1.807, 2.05) is 0 Å². The molecule has 0 aliphatic rings. The third kappa shape index (κ3) is 7.00. The van der Waals surface area contributed by atoms with Crippen LogP contribution in [0.5, 0.6) is 11.5 Å². The average molecular weight is 356 g/mol. The van der Waals surface area contributed by atoms with Crippen LogP contribution < -0.4 is 14.8 Å². The molecule has 20 heavy (non-hydrogen) atoms. The van der Waals surface area contributed by atoms with Gasteiger partial charge in [-0.15, -0.1) is 13.2 Å². The number of hydrogen-bond donors (Lipinski definition) is 1. The number of halogens is 4. The molecular weight excluding hydrogens is 339 g/mol. The van der Waals surface area contributed by atoms with Gasteiger partial charge in [0.05, 0.1) is 4.47 Å². The maximum absolute atomic E-state index is 12.1. The van der Waals surface area contributed by atoms with Crippen molar-refractivity contribution >= 4 is 15.9 Å². The van der Waals surface area contributed by atoms with Crippen LogP contribution in [0.2, 0.25) is 0 Å². The van der Waals surface area contributed by atoms with Gasteiger partial charge in [0.2, 0.25) is 0 Å². The van der Waals surface area contributed by atoms with Gasteiger partial charge in [-0.2, -0.15) is 0 Å². The molecule has 3 nitrogen and oxygen atoms in total. The van der Waals surface area contributed by atoms with Crippen LogP contribution in [0.4, 0.5) is 13.2 Å². The first-order valence-electron chi connectivity index (χ1n) is 6.17.